The summed E-state index contributed by atoms with van der Waals surface area (Å²) < 4.78 is 0. The van der Waals surface area contributed by atoms with Crippen molar-refractivity contribution in [3.63, 3.8) is 0 Å². The predicted octanol–water partition coefficient (Wildman–Crippen LogP) is 3.68. The van der Waals surface area contributed by atoms with Crippen LogP contribution >= 0.6 is 22.9 Å². The van der Waals surface area contributed by atoms with Crippen molar-refractivity contribution in [2.24, 2.45) is 4.99 Å². The Hall–Kier alpha value is -1.92. The zero-order chi connectivity index (χ0) is 14.5. The van der Waals surface area contributed by atoms with E-state index in [2.05, 4.69) is 4.99 Å². The lowest BCUT2D eigenvalue weighted by atomic mass is 10.2. The van der Waals surface area contributed by atoms with Gasteiger partial charge in [0.1, 0.15) is 0 Å². The fourth-order valence-corrected chi connectivity index (χ4v) is 2.55. The molecule has 0 amide bonds. The third-order valence-electron chi connectivity index (χ3n) is 2.58. The molecule has 1 N–H and O–H groups in total. The highest BCUT2D eigenvalue weighted by molar-refractivity contribution is 7.09. The van der Waals surface area contributed by atoms with Gasteiger partial charge in [-0.2, -0.15) is 0 Å². The number of benzene rings is 1. The van der Waals surface area contributed by atoms with Crippen molar-refractivity contribution < 1.29 is 10.0 Å². The van der Waals surface area contributed by atoms with Crippen molar-refractivity contribution in [3.05, 3.63) is 55.2 Å². The molecular weight excluding hydrogens is 300 g/mol. The smallest absolute Gasteiger partial charge is 0.312 e. The first kappa shape index (κ1) is 14.5. The van der Waals surface area contributed by atoms with Crippen LogP contribution in [0.5, 0.6) is 5.75 Å². The molecule has 2 aromatic rings. The van der Waals surface area contributed by atoms with Crippen molar-refractivity contribution in [1.82, 2.24) is 0 Å². The molecule has 0 spiro atoms. The van der Waals surface area contributed by atoms with E-state index in [9.17, 15) is 15.2 Å². The summed E-state index contributed by atoms with van der Waals surface area (Å²) in [6, 6.07) is 6.54. The van der Waals surface area contributed by atoms with Crippen LogP contribution in [-0.4, -0.2) is 22.8 Å². The fourth-order valence-electron chi connectivity index (χ4n) is 1.64. The van der Waals surface area contributed by atoms with Crippen LogP contribution < -0.4 is 0 Å². The molecular formula is C13H11ClN2O3S. The third kappa shape index (κ3) is 3.55. The van der Waals surface area contributed by atoms with E-state index in [1.807, 2.05) is 17.5 Å². The molecule has 0 aliphatic carbocycles. The number of halogens is 1. The van der Waals surface area contributed by atoms with Crippen LogP contribution in [0.1, 0.15) is 10.4 Å². The van der Waals surface area contributed by atoms with E-state index >= 15 is 0 Å². The second-order valence-electron chi connectivity index (χ2n) is 3.98. The summed E-state index contributed by atoms with van der Waals surface area (Å²) >= 11 is 7.43. The topological polar surface area (TPSA) is 75.7 Å². The number of nitro groups is 1. The first-order chi connectivity index (χ1) is 9.58. The van der Waals surface area contributed by atoms with E-state index in [1.54, 1.807) is 11.3 Å². The van der Waals surface area contributed by atoms with Crippen LogP contribution in [0.2, 0.25) is 5.02 Å². The van der Waals surface area contributed by atoms with Gasteiger partial charge in [0.15, 0.2) is 0 Å². The summed E-state index contributed by atoms with van der Waals surface area (Å²) in [4.78, 5) is 15.4. The molecule has 7 heteroatoms. The third-order valence-corrected chi connectivity index (χ3v) is 3.73. The van der Waals surface area contributed by atoms with Crippen LogP contribution in [0.3, 0.4) is 0 Å². The molecule has 1 aromatic carbocycles. The number of thiophene rings is 1. The number of nitrogens with zero attached hydrogens (tertiary/aromatic N) is 2. The van der Waals surface area contributed by atoms with Gasteiger partial charge in [-0.05, 0) is 17.5 Å². The number of rotatable bonds is 5. The zero-order valence-electron chi connectivity index (χ0n) is 10.3. The van der Waals surface area contributed by atoms with Gasteiger partial charge in [0, 0.05) is 40.7 Å². The molecule has 0 fully saturated rings. The van der Waals surface area contributed by atoms with E-state index in [0.29, 0.717) is 6.54 Å². The lowest BCUT2D eigenvalue weighted by Gasteiger charge is -2.01. The SMILES string of the molecule is O=[N+]([O-])c1cc(Cl)cc(C=NCCc2cccs2)c1O. The first-order valence-electron chi connectivity index (χ1n) is 5.77. The number of aromatic hydroxyl groups is 1. The van der Waals surface area contributed by atoms with Gasteiger partial charge >= 0.3 is 5.69 Å². The Morgan fingerprint density at radius 2 is 2.30 bits per heavy atom. The number of hydrogen-bond acceptors (Lipinski definition) is 5. The minimum atomic E-state index is -0.676. The molecule has 0 atom stereocenters. The first-order valence-corrected chi connectivity index (χ1v) is 7.03. The summed E-state index contributed by atoms with van der Waals surface area (Å²) in [6.07, 6.45) is 2.19. The second-order valence-corrected chi connectivity index (χ2v) is 5.45. The van der Waals surface area contributed by atoms with Crippen molar-refractivity contribution in [2.75, 3.05) is 6.54 Å². The van der Waals surface area contributed by atoms with Crippen LogP contribution in [0, 0.1) is 10.1 Å². The molecule has 0 saturated heterocycles. The molecule has 1 aromatic heterocycles. The van der Waals surface area contributed by atoms with Crippen molar-refractivity contribution in [2.45, 2.75) is 6.42 Å². The van der Waals surface area contributed by atoms with Gasteiger partial charge in [0.05, 0.1) is 4.92 Å². The molecule has 0 aliphatic rings. The average molecular weight is 311 g/mol. The highest BCUT2D eigenvalue weighted by Crippen LogP contribution is 2.32. The maximum atomic E-state index is 10.8. The van der Waals surface area contributed by atoms with Gasteiger partial charge in [-0.15, -0.1) is 11.3 Å². The quantitative estimate of drug-likeness (QED) is 0.520. The molecule has 0 bridgehead atoms. The number of hydrogen-bond donors (Lipinski definition) is 1. The average Bonchev–Trinajstić information content (AvgIpc) is 2.91. The highest BCUT2D eigenvalue weighted by Gasteiger charge is 2.17. The molecule has 0 aliphatic heterocycles. The lowest BCUT2D eigenvalue weighted by molar-refractivity contribution is -0.385. The van der Waals surface area contributed by atoms with Gasteiger partial charge in [-0.1, -0.05) is 17.7 Å². The molecule has 104 valence electrons. The summed E-state index contributed by atoms with van der Waals surface area (Å²) in [6.45, 7) is 0.542. The van der Waals surface area contributed by atoms with E-state index in [4.69, 9.17) is 11.6 Å². The van der Waals surface area contributed by atoms with Crippen LogP contribution in [0.15, 0.2) is 34.6 Å². The number of nitro benzene ring substituents is 1. The standard InChI is InChI=1S/C13H11ClN2O3S/c14-10-6-9(13(17)12(7-10)16(18)19)8-15-4-3-11-2-1-5-20-11/h1-2,5-8,17H,3-4H2. The zero-order valence-corrected chi connectivity index (χ0v) is 11.9. The normalized spacial score (nSPS) is 11.1. The van der Waals surface area contributed by atoms with Gasteiger partial charge < -0.3 is 5.11 Å². The summed E-state index contributed by atoms with van der Waals surface area (Å²) in [5.74, 6) is -0.417. The Bertz CT molecular complexity index is 641. The van der Waals surface area contributed by atoms with Crippen LogP contribution in [0.4, 0.5) is 5.69 Å². The van der Waals surface area contributed by atoms with E-state index < -0.39 is 16.4 Å². The molecule has 20 heavy (non-hydrogen) atoms. The Balaban J connectivity index is 2.10. The summed E-state index contributed by atoms with van der Waals surface area (Å²) in [5.41, 5.74) is -0.174. The maximum Gasteiger partial charge on any atom is 0.312 e. The van der Waals surface area contributed by atoms with Gasteiger partial charge in [-0.25, -0.2) is 0 Å². The maximum absolute atomic E-state index is 10.8. The van der Waals surface area contributed by atoms with Crippen LogP contribution in [-0.2, 0) is 6.42 Å². The van der Waals surface area contributed by atoms with Gasteiger partial charge in [0.25, 0.3) is 0 Å². The fraction of sp³-hybridized carbons (Fsp3) is 0.154. The number of phenols is 1. The summed E-state index contributed by atoms with van der Waals surface area (Å²) in [5, 5.41) is 22.7. The molecule has 0 unspecified atom stereocenters. The number of phenolic OH excluding ortho intramolecular Hbond substituents is 1. The summed E-state index contributed by atoms with van der Waals surface area (Å²) in [7, 11) is 0. The minimum absolute atomic E-state index is 0.189. The monoisotopic (exact) mass is 310 g/mol. The van der Waals surface area contributed by atoms with E-state index in [1.165, 1.54) is 17.2 Å². The Labute approximate surface area is 124 Å². The van der Waals surface area contributed by atoms with Crippen molar-refractivity contribution in [3.8, 4) is 5.75 Å². The van der Waals surface area contributed by atoms with E-state index in [-0.39, 0.29) is 10.6 Å². The molecule has 5 nitrogen and oxygen atoms in total. The largest absolute Gasteiger partial charge is 0.502 e. The molecule has 2 rings (SSSR count). The van der Waals surface area contributed by atoms with E-state index in [0.717, 1.165) is 12.5 Å². The molecule has 1 heterocycles. The molecule has 0 saturated carbocycles. The Morgan fingerprint density at radius 1 is 1.50 bits per heavy atom. The minimum Gasteiger partial charge on any atom is -0.502 e. The predicted molar refractivity (Wildman–Crippen MR) is 80.3 cm³/mol. The highest BCUT2D eigenvalue weighted by atomic mass is 35.5. The second kappa shape index (κ2) is 6.49. The Morgan fingerprint density at radius 3 is 2.95 bits per heavy atom. The molecule has 0 radical (unpaired) electrons. The van der Waals surface area contributed by atoms with Crippen LogP contribution in [0.25, 0.3) is 0 Å². The number of aliphatic imine (C=N–C) groups is 1. The van der Waals surface area contributed by atoms with Gasteiger partial charge in [0.2, 0.25) is 5.75 Å². The van der Waals surface area contributed by atoms with Crippen molar-refractivity contribution >= 4 is 34.8 Å². The Kier molecular flexibility index (Phi) is 4.70. The van der Waals surface area contributed by atoms with Gasteiger partial charge in [-0.3, -0.25) is 15.1 Å². The lowest BCUT2D eigenvalue weighted by Crippen LogP contribution is -1.94. The van der Waals surface area contributed by atoms with Crippen molar-refractivity contribution in [1.29, 1.82) is 0 Å².